The number of hydrogen-bond acceptors (Lipinski definition) is 5. The van der Waals surface area contributed by atoms with Gasteiger partial charge in [0, 0.05) is 30.4 Å². The molecular formula is C21H27N5O3S. The number of piperidine rings is 1. The lowest BCUT2D eigenvalue weighted by molar-refractivity contribution is -0.125. The summed E-state index contributed by atoms with van der Waals surface area (Å²) in [5.41, 5.74) is 4.28. The van der Waals surface area contributed by atoms with Gasteiger partial charge in [-0.3, -0.25) is 14.7 Å². The molecule has 160 valence electrons. The summed E-state index contributed by atoms with van der Waals surface area (Å²) in [5, 5.41) is 13.3. The van der Waals surface area contributed by atoms with Gasteiger partial charge in [0.25, 0.3) is 5.91 Å². The van der Waals surface area contributed by atoms with Crippen molar-refractivity contribution < 1.29 is 14.2 Å². The summed E-state index contributed by atoms with van der Waals surface area (Å²) in [4.78, 5) is 14.5. The average Bonchev–Trinajstić information content (AvgIpc) is 3.29. The van der Waals surface area contributed by atoms with E-state index in [1.165, 1.54) is 0 Å². The Labute approximate surface area is 178 Å². The Balaban J connectivity index is 1.40. The minimum absolute atomic E-state index is 0.403. The van der Waals surface area contributed by atoms with Gasteiger partial charge >= 0.3 is 0 Å². The van der Waals surface area contributed by atoms with Crippen LogP contribution in [0.5, 0.6) is 0 Å². The Morgan fingerprint density at radius 1 is 1.17 bits per heavy atom. The lowest BCUT2D eigenvalue weighted by Gasteiger charge is -2.28. The van der Waals surface area contributed by atoms with Crippen LogP contribution in [0, 0.1) is 0 Å². The zero-order valence-corrected chi connectivity index (χ0v) is 17.8. The van der Waals surface area contributed by atoms with Crippen LogP contribution < -0.4 is 5.48 Å². The first-order chi connectivity index (χ1) is 14.5. The minimum atomic E-state index is -1.30. The smallest absolute Gasteiger partial charge is 0.270 e. The number of amides is 1. The maximum atomic E-state index is 12.9. The quantitative estimate of drug-likeness (QED) is 0.560. The van der Waals surface area contributed by atoms with Gasteiger partial charge in [0.1, 0.15) is 11.0 Å². The standard InChI is InChI=1S/C21H27N5O3S/c1-24-10-8-19(9-11-24)26-15-18(14-22-26)16-2-4-20(5-3-16)30(29)25-12-6-17(7-13-25)21(27)23-28/h2-6,14-15,19,28H,7-13H2,1H3,(H,23,27). The Morgan fingerprint density at radius 3 is 2.53 bits per heavy atom. The molecule has 2 aliphatic heterocycles. The third-order valence-corrected chi connectivity index (χ3v) is 7.33. The summed E-state index contributed by atoms with van der Waals surface area (Å²) in [6.45, 7) is 3.09. The van der Waals surface area contributed by atoms with E-state index in [4.69, 9.17) is 5.21 Å². The van der Waals surface area contributed by atoms with Crippen molar-refractivity contribution in [2.24, 2.45) is 0 Å². The molecule has 1 unspecified atom stereocenters. The van der Waals surface area contributed by atoms with Crippen molar-refractivity contribution in [1.82, 2.24) is 24.5 Å². The fourth-order valence-corrected chi connectivity index (χ4v) is 5.07. The van der Waals surface area contributed by atoms with E-state index in [1.54, 1.807) is 15.9 Å². The van der Waals surface area contributed by atoms with E-state index >= 15 is 0 Å². The number of hydrogen-bond donors (Lipinski definition) is 2. The highest BCUT2D eigenvalue weighted by Crippen LogP contribution is 2.26. The second kappa shape index (κ2) is 9.22. The van der Waals surface area contributed by atoms with Crippen molar-refractivity contribution in [2.45, 2.75) is 30.2 Å². The van der Waals surface area contributed by atoms with Crippen molar-refractivity contribution in [2.75, 3.05) is 33.2 Å². The average molecular weight is 430 g/mol. The number of carbonyl (C=O) groups is 1. The molecule has 1 aromatic carbocycles. The van der Waals surface area contributed by atoms with Crippen molar-refractivity contribution in [3.63, 3.8) is 0 Å². The Morgan fingerprint density at radius 2 is 1.90 bits per heavy atom. The van der Waals surface area contributed by atoms with Gasteiger partial charge in [-0.2, -0.15) is 5.10 Å². The number of hydroxylamine groups is 1. The Kier molecular flexibility index (Phi) is 6.43. The Bertz CT molecular complexity index is 948. The first kappa shape index (κ1) is 20.9. The van der Waals surface area contributed by atoms with Gasteiger partial charge < -0.3 is 4.90 Å². The molecule has 0 aliphatic carbocycles. The molecule has 1 atom stereocenters. The molecule has 0 bridgehead atoms. The molecule has 3 heterocycles. The number of aromatic nitrogens is 2. The monoisotopic (exact) mass is 429 g/mol. The third kappa shape index (κ3) is 4.54. The second-order valence-electron chi connectivity index (χ2n) is 7.83. The van der Waals surface area contributed by atoms with Gasteiger partial charge in [0.2, 0.25) is 0 Å². The molecule has 1 aromatic heterocycles. The summed E-state index contributed by atoms with van der Waals surface area (Å²) in [6, 6.07) is 8.18. The number of likely N-dealkylation sites (tertiary alicyclic amines) is 1. The highest BCUT2D eigenvalue weighted by atomic mass is 32.2. The molecule has 9 heteroatoms. The molecular weight excluding hydrogens is 402 g/mol. The zero-order valence-electron chi connectivity index (χ0n) is 17.0. The number of nitrogens with one attached hydrogen (secondary N) is 1. The molecule has 0 spiro atoms. The number of rotatable bonds is 5. The summed E-state index contributed by atoms with van der Waals surface area (Å²) < 4.78 is 16.8. The van der Waals surface area contributed by atoms with Gasteiger partial charge in [0.05, 0.1) is 17.1 Å². The fraction of sp³-hybridized carbons (Fsp3) is 0.429. The summed E-state index contributed by atoms with van der Waals surface area (Å²) >= 11 is 0. The molecule has 2 aromatic rings. The fourth-order valence-electron chi connectivity index (χ4n) is 3.94. The van der Waals surface area contributed by atoms with Crippen LogP contribution >= 0.6 is 0 Å². The number of benzene rings is 1. The lowest BCUT2D eigenvalue weighted by atomic mass is 10.1. The molecule has 2 N–H and O–H groups in total. The predicted molar refractivity (Wildman–Crippen MR) is 114 cm³/mol. The van der Waals surface area contributed by atoms with E-state index in [2.05, 4.69) is 27.9 Å². The first-order valence-electron chi connectivity index (χ1n) is 10.2. The topological polar surface area (TPSA) is 90.7 Å². The predicted octanol–water partition coefficient (Wildman–Crippen LogP) is 1.98. The van der Waals surface area contributed by atoms with Crippen molar-refractivity contribution in [3.8, 4) is 11.1 Å². The van der Waals surface area contributed by atoms with E-state index < -0.39 is 16.9 Å². The normalized spacial score (nSPS) is 20.0. The molecule has 1 amide bonds. The van der Waals surface area contributed by atoms with Gasteiger partial charge in [-0.25, -0.2) is 14.0 Å². The van der Waals surface area contributed by atoms with Gasteiger partial charge in [-0.15, -0.1) is 0 Å². The lowest BCUT2D eigenvalue weighted by Crippen LogP contribution is -2.34. The zero-order chi connectivity index (χ0) is 21.1. The number of carbonyl (C=O) groups excluding carboxylic acids is 1. The van der Waals surface area contributed by atoms with Gasteiger partial charge in [-0.05, 0) is 57.1 Å². The highest BCUT2D eigenvalue weighted by molar-refractivity contribution is 7.82. The van der Waals surface area contributed by atoms with E-state index in [9.17, 15) is 9.00 Å². The van der Waals surface area contributed by atoms with Gasteiger partial charge in [0.15, 0.2) is 0 Å². The Hall–Kier alpha value is -2.33. The van der Waals surface area contributed by atoms with E-state index in [0.717, 1.165) is 42.0 Å². The molecule has 4 rings (SSSR count). The maximum absolute atomic E-state index is 12.9. The molecule has 0 radical (unpaired) electrons. The van der Waals surface area contributed by atoms with Crippen LogP contribution in [0.3, 0.4) is 0 Å². The van der Waals surface area contributed by atoms with Crippen LogP contribution in [0.4, 0.5) is 0 Å². The van der Waals surface area contributed by atoms with Crippen LogP contribution in [-0.4, -0.2) is 67.5 Å². The molecule has 1 fully saturated rings. The summed E-state index contributed by atoms with van der Waals surface area (Å²) in [7, 11) is 0.856. The van der Waals surface area contributed by atoms with Crippen LogP contribution in [0.25, 0.3) is 11.1 Å². The molecule has 30 heavy (non-hydrogen) atoms. The van der Waals surface area contributed by atoms with E-state index in [1.807, 2.05) is 30.5 Å². The van der Waals surface area contributed by atoms with E-state index in [-0.39, 0.29) is 0 Å². The molecule has 2 aliphatic rings. The van der Waals surface area contributed by atoms with Crippen molar-refractivity contribution >= 4 is 16.9 Å². The maximum Gasteiger partial charge on any atom is 0.270 e. The first-order valence-corrected chi connectivity index (χ1v) is 11.3. The minimum Gasteiger partial charge on any atom is -0.306 e. The van der Waals surface area contributed by atoms with Gasteiger partial charge in [-0.1, -0.05) is 18.2 Å². The number of nitrogens with zero attached hydrogens (tertiary/aromatic N) is 4. The molecule has 8 nitrogen and oxygen atoms in total. The van der Waals surface area contributed by atoms with Crippen molar-refractivity contribution in [3.05, 3.63) is 48.3 Å². The van der Waals surface area contributed by atoms with Crippen LogP contribution in [0.15, 0.2) is 53.2 Å². The van der Waals surface area contributed by atoms with Crippen LogP contribution in [-0.2, 0) is 15.8 Å². The largest absolute Gasteiger partial charge is 0.306 e. The summed E-state index contributed by atoms with van der Waals surface area (Å²) in [6.07, 6.45) is 8.38. The third-order valence-electron chi connectivity index (χ3n) is 5.85. The molecule has 1 saturated heterocycles. The second-order valence-corrected chi connectivity index (χ2v) is 9.31. The summed E-state index contributed by atoms with van der Waals surface area (Å²) in [5.74, 6) is -0.495. The van der Waals surface area contributed by atoms with E-state index in [0.29, 0.717) is 31.1 Å². The SMILES string of the molecule is CN1CCC(n2cc(-c3ccc(S(=O)N4CC=C(C(=O)NO)CC4)cc3)cn2)CC1. The van der Waals surface area contributed by atoms with Crippen LogP contribution in [0.2, 0.25) is 0 Å². The van der Waals surface area contributed by atoms with Crippen LogP contribution in [0.1, 0.15) is 25.3 Å². The highest BCUT2D eigenvalue weighted by Gasteiger charge is 2.22. The molecule has 0 saturated carbocycles. The van der Waals surface area contributed by atoms with Crippen molar-refractivity contribution in [1.29, 1.82) is 0 Å².